The molecule has 1 aromatic carbocycles. The monoisotopic (exact) mass is 335 g/mol. The van der Waals surface area contributed by atoms with Gasteiger partial charge in [-0.05, 0) is 44.1 Å². The van der Waals surface area contributed by atoms with Crippen molar-refractivity contribution in [1.82, 2.24) is 4.90 Å². The van der Waals surface area contributed by atoms with Crippen molar-refractivity contribution in [3.63, 3.8) is 0 Å². The number of fused-ring (bicyclic) bond motifs is 1. The number of ether oxygens (including phenoxy) is 2. The van der Waals surface area contributed by atoms with Gasteiger partial charge in [-0.3, -0.25) is 4.79 Å². The molecule has 0 bridgehead atoms. The fourth-order valence-electron chi connectivity index (χ4n) is 4.10. The van der Waals surface area contributed by atoms with Crippen molar-refractivity contribution in [3.05, 3.63) is 29.8 Å². The second-order valence-corrected chi connectivity index (χ2v) is 7.21. The van der Waals surface area contributed by atoms with Crippen molar-refractivity contribution in [3.8, 4) is 0 Å². The van der Waals surface area contributed by atoms with Gasteiger partial charge in [-0.15, -0.1) is 11.8 Å². The zero-order valence-electron chi connectivity index (χ0n) is 14.1. The first-order chi connectivity index (χ1) is 11.1. The number of amides is 1. The van der Waals surface area contributed by atoms with E-state index < -0.39 is 0 Å². The highest BCUT2D eigenvalue weighted by Crippen LogP contribution is 2.43. The Morgan fingerprint density at radius 2 is 2.09 bits per heavy atom. The number of rotatable bonds is 4. The Morgan fingerprint density at radius 3 is 2.78 bits per heavy atom. The lowest BCUT2D eigenvalue weighted by molar-refractivity contribution is -0.0893. The van der Waals surface area contributed by atoms with Gasteiger partial charge in [0.05, 0.1) is 23.3 Å². The van der Waals surface area contributed by atoms with E-state index in [4.69, 9.17) is 9.47 Å². The summed E-state index contributed by atoms with van der Waals surface area (Å²) in [7, 11) is 3.54. The molecule has 1 saturated carbocycles. The van der Waals surface area contributed by atoms with E-state index in [1.165, 1.54) is 0 Å². The molecule has 0 unspecified atom stereocenters. The quantitative estimate of drug-likeness (QED) is 0.792. The van der Waals surface area contributed by atoms with E-state index in [-0.39, 0.29) is 23.7 Å². The highest BCUT2D eigenvalue weighted by Gasteiger charge is 2.52. The first kappa shape index (κ1) is 16.8. The predicted molar refractivity (Wildman–Crippen MR) is 92.1 cm³/mol. The third-order valence-electron chi connectivity index (χ3n) is 5.47. The summed E-state index contributed by atoms with van der Waals surface area (Å²) in [5.41, 5.74) is 0.602. The van der Waals surface area contributed by atoms with Gasteiger partial charge in [0.15, 0.2) is 0 Å². The van der Waals surface area contributed by atoms with Crippen LogP contribution in [0, 0.1) is 0 Å². The number of thioether (sulfide) groups is 1. The minimum Gasteiger partial charge on any atom is -0.381 e. The zero-order chi connectivity index (χ0) is 16.4. The van der Waals surface area contributed by atoms with E-state index in [9.17, 15) is 4.79 Å². The predicted octanol–water partition coefficient (Wildman–Crippen LogP) is 3.21. The molecule has 0 aromatic heterocycles. The second kappa shape index (κ2) is 6.83. The molecule has 1 heterocycles. The van der Waals surface area contributed by atoms with Crippen LogP contribution in [-0.4, -0.2) is 55.6 Å². The van der Waals surface area contributed by atoms with Crippen LogP contribution in [0.15, 0.2) is 29.2 Å². The normalized spacial score (nSPS) is 30.3. The standard InChI is InChI=1S/C18H25NO3S/c1-21-13-8-9-18(22-2)10-11-19(16(18)12-13)17(20)14-6-4-5-7-15(14)23-3/h4-7,13,16H,8-12H2,1-3H3/t13-,16-,18+/m0/s1. The summed E-state index contributed by atoms with van der Waals surface area (Å²) in [5, 5.41) is 0. The van der Waals surface area contributed by atoms with Crippen molar-refractivity contribution in [1.29, 1.82) is 0 Å². The largest absolute Gasteiger partial charge is 0.381 e. The minimum atomic E-state index is -0.195. The number of hydrogen-bond acceptors (Lipinski definition) is 4. The van der Waals surface area contributed by atoms with Crippen LogP contribution in [0.25, 0.3) is 0 Å². The maximum Gasteiger partial charge on any atom is 0.255 e. The molecule has 1 aliphatic carbocycles. The fourth-order valence-corrected chi connectivity index (χ4v) is 4.69. The van der Waals surface area contributed by atoms with Crippen molar-refractivity contribution < 1.29 is 14.3 Å². The van der Waals surface area contributed by atoms with Crippen molar-refractivity contribution in [2.45, 2.75) is 48.3 Å². The van der Waals surface area contributed by atoms with E-state index in [2.05, 4.69) is 0 Å². The third kappa shape index (κ3) is 2.90. The molecule has 3 atom stereocenters. The molecular weight excluding hydrogens is 310 g/mol. The molecule has 5 heteroatoms. The lowest BCUT2D eigenvalue weighted by Gasteiger charge is -2.43. The van der Waals surface area contributed by atoms with Crippen molar-refractivity contribution in [2.75, 3.05) is 27.0 Å². The molecule has 3 rings (SSSR count). The van der Waals surface area contributed by atoms with Gasteiger partial charge in [-0.2, -0.15) is 0 Å². The molecule has 4 nitrogen and oxygen atoms in total. The molecule has 126 valence electrons. The summed E-state index contributed by atoms with van der Waals surface area (Å²) in [6.45, 7) is 0.760. The van der Waals surface area contributed by atoms with Gasteiger partial charge in [0.2, 0.25) is 0 Å². The van der Waals surface area contributed by atoms with Gasteiger partial charge >= 0.3 is 0 Å². The molecule has 1 aromatic rings. The second-order valence-electron chi connectivity index (χ2n) is 6.37. The smallest absolute Gasteiger partial charge is 0.255 e. The number of likely N-dealkylation sites (tertiary alicyclic amines) is 1. The molecule has 23 heavy (non-hydrogen) atoms. The first-order valence-electron chi connectivity index (χ1n) is 8.17. The minimum absolute atomic E-state index is 0.105. The van der Waals surface area contributed by atoms with Crippen LogP contribution in [0.1, 0.15) is 36.0 Å². The number of methoxy groups -OCH3 is 2. The van der Waals surface area contributed by atoms with E-state index in [1.54, 1.807) is 26.0 Å². The van der Waals surface area contributed by atoms with Crippen LogP contribution in [-0.2, 0) is 9.47 Å². The molecule has 0 radical (unpaired) electrons. The Morgan fingerprint density at radius 1 is 1.30 bits per heavy atom. The molecule has 0 spiro atoms. The number of nitrogens with zero attached hydrogens (tertiary/aromatic N) is 1. The SMILES string of the molecule is CO[C@H]1CC[C@@]2(OC)CCN(C(=O)c3ccccc3SC)[C@H]2C1. The van der Waals surface area contributed by atoms with Crippen LogP contribution < -0.4 is 0 Å². The van der Waals surface area contributed by atoms with Crippen LogP contribution in [0.4, 0.5) is 0 Å². The van der Waals surface area contributed by atoms with Crippen LogP contribution in [0.2, 0.25) is 0 Å². The van der Waals surface area contributed by atoms with Gasteiger partial charge < -0.3 is 14.4 Å². The van der Waals surface area contributed by atoms with Crippen LogP contribution >= 0.6 is 11.8 Å². The Hall–Kier alpha value is -1.04. The molecule has 1 saturated heterocycles. The lowest BCUT2D eigenvalue weighted by atomic mass is 9.79. The Kier molecular flexibility index (Phi) is 4.99. The van der Waals surface area contributed by atoms with Gasteiger partial charge in [-0.25, -0.2) is 0 Å². The van der Waals surface area contributed by atoms with Crippen LogP contribution in [0.5, 0.6) is 0 Å². The topological polar surface area (TPSA) is 38.8 Å². The number of carbonyl (C=O) groups excluding carboxylic acids is 1. The summed E-state index contributed by atoms with van der Waals surface area (Å²) in [6.07, 6.45) is 5.96. The van der Waals surface area contributed by atoms with E-state index in [1.807, 2.05) is 35.4 Å². The van der Waals surface area contributed by atoms with Crippen molar-refractivity contribution in [2.24, 2.45) is 0 Å². The Labute approximate surface area is 142 Å². The molecule has 0 N–H and O–H groups in total. The molecular formula is C18H25NO3S. The molecule has 1 aliphatic heterocycles. The first-order valence-corrected chi connectivity index (χ1v) is 9.39. The number of benzene rings is 1. The molecule has 2 fully saturated rings. The van der Waals surface area contributed by atoms with E-state index in [0.29, 0.717) is 0 Å². The maximum absolute atomic E-state index is 13.2. The number of carbonyl (C=O) groups is 1. The third-order valence-corrected chi connectivity index (χ3v) is 6.27. The molecule has 1 amide bonds. The summed E-state index contributed by atoms with van der Waals surface area (Å²) >= 11 is 1.62. The summed E-state index contributed by atoms with van der Waals surface area (Å²) in [4.78, 5) is 16.2. The maximum atomic E-state index is 13.2. The van der Waals surface area contributed by atoms with Crippen molar-refractivity contribution >= 4 is 17.7 Å². The van der Waals surface area contributed by atoms with E-state index >= 15 is 0 Å². The van der Waals surface area contributed by atoms with Gasteiger partial charge in [0, 0.05) is 25.7 Å². The van der Waals surface area contributed by atoms with Gasteiger partial charge in [0.1, 0.15) is 0 Å². The highest BCUT2D eigenvalue weighted by molar-refractivity contribution is 7.98. The molecule has 2 aliphatic rings. The van der Waals surface area contributed by atoms with E-state index in [0.717, 1.165) is 42.7 Å². The zero-order valence-corrected chi connectivity index (χ0v) is 14.9. The average Bonchev–Trinajstić information content (AvgIpc) is 3.00. The summed E-state index contributed by atoms with van der Waals surface area (Å²) in [5.74, 6) is 0.121. The lowest BCUT2D eigenvalue weighted by Crippen LogP contribution is -2.53. The fraction of sp³-hybridized carbons (Fsp3) is 0.611. The summed E-state index contributed by atoms with van der Waals surface area (Å²) < 4.78 is 11.5. The van der Waals surface area contributed by atoms with Crippen LogP contribution in [0.3, 0.4) is 0 Å². The van der Waals surface area contributed by atoms with Gasteiger partial charge in [0.25, 0.3) is 5.91 Å². The highest BCUT2D eigenvalue weighted by atomic mass is 32.2. The number of hydrogen-bond donors (Lipinski definition) is 0. The van der Waals surface area contributed by atoms with Gasteiger partial charge in [-0.1, -0.05) is 12.1 Å². The average molecular weight is 335 g/mol. The summed E-state index contributed by atoms with van der Waals surface area (Å²) in [6, 6.07) is 7.96. The Bertz CT molecular complexity index is 579. The Balaban J connectivity index is 1.89.